The van der Waals surface area contributed by atoms with E-state index in [-0.39, 0.29) is 11.4 Å². The minimum Gasteiger partial charge on any atom is -0.503 e. The molecule has 3 heterocycles. The number of thiophene rings is 2. The first-order valence-electron chi connectivity index (χ1n) is 8.14. The molecule has 1 aliphatic rings. The molecule has 0 bridgehead atoms. The number of aliphatic hydroxyl groups excluding tert-OH is 1. The number of aliphatic hydroxyl groups is 1. The Bertz CT molecular complexity index is 1020. The van der Waals surface area contributed by atoms with Gasteiger partial charge in [0.1, 0.15) is 11.8 Å². The summed E-state index contributed by atoms with van der Waals surface area (Å²) < 4.78 is 5.40. The Hall–Kier alpha value is -2.90. The Balaban J connectivity index is 1.89. The Morgan fingerprint density at radius 2 is 1.81 bits per heavy atom. The minimum atomic E-state index is -0.705. The Kier molecular flexibility index (Phi) is 4.55. The molecule has 0 spiro atoms. The molecule has 0 aliphatic carbocycles. The molecule has 1 N–H and O–H groups in total. The lowest BCUT2D eigenvalue weighted by atomic mass is 10.0. The predicted octanol–water partition coefficient (Wildman–Crippen LogP) is 4.60. The van der Waals surface area contributed by atoms with Crippen LogP contribution in [0, 0.1) is 0 Å². The fourth-order valence-electron chi connectivity index (χ4n) is 3.17. The molecule has 1 aliphatic heterocycles. The summed E-state index contributed by atoms with van der Waals surface area (Å²) in [7, 11) is 1.52. The first kappa shape index (κ1) is 17.5. The van der Waals surface area contributed by atoms with Crippen molar-refractivity contribution in [2.45, 2.75) is 6.04 Å². The van der Waals surface area contributed by atoms with Crippen molar-refractivity contribution in [1.82, 2.24) is 0 Å². The molecule has 5 nitrogen and oxygen atoms in total. The number of methoxy groups -OCH3 is 1. The number of carbonyl (C=O) groups is 2. The van der Waals surface area contributed by atoms with Gasteiger partial charge < -0.3 is 9.84 Å². The number of rotatable bonds is 5. The van der Waals surface area contributed by atoms with Crippen LogP contribution in [0.5, 0.6) is 5.75 Å². The molecular weight excluding hydrogens is 382 g/mol. The van der Waals surface area contributed by atoms with Crippen LogP contribution in [0.2, 0.25) is 0 Å². The number of anilines is 1. The van der Waals surface area contributed by atoms with Gasteiger partial charge in [-0.25, -0.2) is 0 Å². The number of hydrogen-bond donors (Lipinski definition) is 1. The first-order valence-corrected chi connectivity index (χ1v) is 9.90. The first-order chi connectivity index (χ1) is 13.1. The second kappa shape index (κ2) is 7.02. The van der Waals surface area contributed by atoms with Gasteiger partial charge in [-0.1, -0.05) is 24.3 Å². The number of nitrogens with zero attached hydrogens (tertiary/aromatic N) is 1. The topological polar surface area (TPSA) is 66.8 Å². The third-order valence-electron chi connectivity index (χ3n) is 4.36. The Labute approximate surface area is 163 Å². The second-order valence-electron chi connectivity index (χ2n) is 5.83. The number of carbonyl (C=O) groups excluding carboxylic acids is 2. The highest BCUT2D eigenvalue weighted by atomic mass is 32.1. The lowest BCUT2D eigenvalue weighted by Gasteiger charge is -2.27. The summed E-state index contributed by atoms with van der Waals surface area (Å²) in [5.41, 5.74) is 0.597. The van der Waals surface area contributed by atoms with E-state index < -0.39 is 17.7 Å². The van der Waals surface area contributed by atoms with Gasteiger partial charge in [-0.05, 0) is 35.0 Å². The summed E-state index contributed by atoms with van der Waals surface area (Å²) in [6.45, 7) is 0. The van der Waals surface area contributed by atoms with Gasteiger partial charge in [0.2, 0.25) is 5.78 Å². The average Bonchev–Trinajstić information content (AvgIpc) is 3.43. The molecule has 0 saturated heterocycles. The van der Waals surface area contributed by atoms with E-state index in [1.807, 2.05) is 17.5 Å². The van der Waals surface area contributed by atoms with E-state index in [1.165, 1.54) is 34.7 Å². The van der Waals surface area contributed by atoms with Crippen LogP contribution in [0.25, 0.3) is 0 Å². The number of amides is 1. The lowest BCUT2D eigenvalue weighted by Crippen LogP contribution is -2.30. The van der Waals surface area contributed by atoms with Gasteiger partial charge in [0.05, 0.1) is 23.2 Å². The summed E-state index contributed by atoms with van der Waals surface area (Å²) in [5, 5.41) is 14.3. The third kappa shape index (κ3) is 2.85. The van der Waals surface area contributed by atoms with Crippen LogP contribution in [0.4, 0.5) is 5.69 Å². The van der Waals surface area contributed by atoms with Crippen molar-refractivity contribution < 1.29 is 19.4 Å². The molecule has 0 fully saturated rings. The molecule has 4 rings (SSSR count). The number of ether oxygens (including phenoxy) is 1. The zero-order chi connectivity index (χ0) is 19.0. The largest absolute Gasteiger partial charge is 0.503 e. The van der Waals surface area contributed by atoms with Gasteiger partial charge in [0, 0.05) is 4.88 Å². The number of benzene rings is 1. The number of para-hydroxylation sites is 2. The molecular formula is C20H15NO4S2. The molecule has 0 saturated carbocycles. The van der Waals surface area contributed by atoms with E-state index in [4.69, 9.17) is 4.74 Å². The summed E-state index contributed by atoms with van der Waals surface area (Å²) in [5.74, 6) is -0.979. The van der Waals surface area contributed by atoms with Crippen LogP contribution in [0.15, 0.2) is 70.6 Å². The van der Waals surface area contributed by atoms with Gasteiger partial charge in [-0.15, -0.1) is 22.7 Å². The van der Waals surface area contributed by atoms with Crippen LogP contribution < -0.4 is 9.64 Å². The molecule has 3 aromatic rings. The highest BCUT2D eigenvalue weighted by molar-refractivity contribution is 7.12. The lowest BCUT2D eigenvalue weighted by molar-refractivity contribution is -0.117. The maximum Gasteiger partial charge on any atom is 0.294 e. The molecule has 27 heavy (non-hydrogen) atoms. The molecule has 1 amide bonds. The zero-order valence-corrected chi connectivity index (χ0v) is 15.9. The molecule has 1 unspecified atom stereocenters. The molecule has 136 valence electrons. The fourth-order valence-corrected chi connectivity index (χ4v) is 4.67. The van der Waals surface area contributed by atoms with E-state index in [0.29, 0.717) is 16.3 Å². The van der Waals surface area contributed by atoms with Crippen molar-refractivity contribution >= 4 is 40.1 Å². The van der Waals surface area contributed by atoms with Crippen LogP contribution in [0.3, 0.4) is 0 Å². The average molecular weight is 397 g/mol. The van der Waals surface area contributed by atoms with Gasteiger partial charge in [-0.3, -0.25) is 14.5 Å². The van der Waals surface area contributed by atoms with Gasteiger partial charge in [-0.2, -0.15) is 0 Å². The quantitative estimate of drug-likeness (QED) is 0.639. The van der Waals surface area contributed by atoms with Crippen molar-refractivity contribution in [3.63, 3.8) is 0 Å². The number of ketones is 1. The molecule has 0 radical (unpaired) electrons. The standard InChI is InChI=1S/C20H15NO4S2/c1-25-13-7-3-2-6-12(13)21-17(14-8-4-10-26-14)16(19(23)20(21)24)18(22)15-9-5-11-27-15/h2-11,17,23H,1H3. The summed E-state index contributed by atoms with van der Waals surface area (Å²) in [4.78, 5) is 28.8. The molecule has 2 aromatic heterocycles. The Morgan fingerprint density at radius 3 is 2.48 bits per heavy atom. The van der Waals surface area contributed by atoms with Crippen LogP contribution in [-0.4, -0.2) is 23.9 Å². The molecule has 1 aromatic carbocycles. The maximum atomic E-state index is 13.1. The highest BCUT2D eigenvalue weighted by Gasteiger charge is 2.46. The molecule has 7 heteroatoms. The van der Waals surface area contributed by atoms with Crippen molar-refractivity contribution in [2.75, 3.05) is 12.0 Å². The van der Waals surface area contributed by atoms with Crippen molar-refractivity contribution in [3.8, 4) is 5.75 Å². The van der Waals surface area contributed by atoms with Crippen molar-refractivity contribution in [2.24, 2.45) is 0 Å². The number of hydrogen-bond acceptors (Lipinski definition) is 6. The van der Waals surface area contributed by atoms with E-state index in [0.717, 1.165) is 4.88 Å². The monoisotopic (exact) mass is 397 g/mol. The minimum absolute atomic E-state index is 0.0933. The maximum absolute atomic E-state index is 13.1. The van der Waals surface area contributed by atoms with E-state index >= 15 is 0 Å². The summed E-state index contributed by atoms with van der Waals surface area (Å²) >= 11 is 2.70. The van der Waals surface area contributed by atoms with Gasteiger partial charge in [0.25, 0.3) is 5.91 Å². The zero-order valence-electron chi connectivity index (χ0n) is 14.3. The van der Waals surface area contributed by atoms with E-state index in [1.54, 1.807) is 41.8 Å². The normalized spacial score (nSPS) is 16.9. The number of Topliss-reactive ketones (excluding diaryl/α,β-unsaturated/α-hetero) is 1. The third-order valence-corrected chi connectivity index (χ3v) is 6.15. The van der Waals surface area contributed by atoms with E-state index in [2.05, 4.69) is 0 Å². The van der Waals surface area contributed by atoms with Crippen molar-refractivity contribution in [1.29, 1.82) is 0 Å². The van der Waals surface area contributed by atoms with E-state index in [9.17, 15) is 14.7 Å². The van der Waals surface area contributed by atoms with Crippen LogP contribution in [0.1, 0.15) is 20.6 Å². The smallest absolute Gasteiger partial charge is 0.294 e. The summed E-state index contributed by atoms with van der Waals surface area (Å²) in [6.07, 6.45) is 0. The Morgan fingerprint density at radius 1 is 1.07 bits per heavy atom. The van der Waals surface area contributed by atoms with Gasteiger partial charge in [0.15, 0.2) is 5.76 Å². The molecule has 1 atom stereocenters. The predicted molar refractivity (Wildman–Crippen MR) is 106 cm³/mol. The fraction of sp³-hybridized carbons (Fsp3) is 0.100. The van der Waals surface area contributed by atoms with Crippen LogP contribution in [-0.2, 0) is 4.79 Å². The highest BCUT2D eigenvalue weighted by Crippen LogP contribution is 2.46. The van der Waals surface area contributed by atoms with Crippen LogP contribution >= 0.6 is 22.7 Å². The van der Waals surface area contributed by atoms with Gasteiger partial charge >= 0.3 is 0 Å². The second-order valence-corrected chi connectivity index (χ2v) is 7.76. The summed E-state index contributed by atoms with van der Waals surface area (Å²) in [6, 6.07) is 13.5. The SMILES string of the molecule is COc1ccccc1N1C(=O)C(O)=C(C(=O)c2cccs2)C1c1cccs1. The van der Waals surface area contributed by atoms with Crippen molar-refractivity contribution in [3.05, 3.63) is 80.4 Å².